The molecule has 0 spiro atoms. The van der Waals surface area contributed by atoms with Crippen LogP contribution in [0.4, 0.5) is 0 Å². The summed E-state index contributed by atoms with van der Waals surface area (Å²) in [6, 6.07) is 4.94. The molecule has 1 aromatic heterocycles. The molecule has 1 aromatic carbocycles. The van der Waals surface area contributed by atoms with Crippen molar-refractivity contribution in [1.29, 1.82) is 0 Å². The fraction of sp³-hybridized carbons (Fsp3) is 0.467. The van der Waals surface area contributed by atoms with Crippen LogP contribution in [0.2, 0.25) is 0 Å². The molecule has 23 heavy (non-hydrogen) atoms. The number of H-pyrrole nitrogens is 1. The Morgan fingerprint density at radius 1 is 1.39 bits per heavy atom. The number of aromatic nitrogens is 1. The van der Waals surface area contributed by atoms with Gasteiger partial charge in [0.1, 0.15) is 9.84 Å². The molecule has 8 heteroatoms. The van der Waals surface area contributed by atoms with Crippen LogP contribution in [0.15, 0.2) is 22.6 Å². The Morgan fingerprint density at radius 2 is 2.17 bits per heavy atom. The summed E-state index contributed by atoms with van der Waals surface area (Å²) in [5.74, 6) is -0.228. The van der Waals surface area contributed by atoms with Crippen LogP contribution in [0.25, 0.3) is 11.1 Å². The van der Waals surface area contributed by atoms with Gasteiger partial charge in [-0.05, 0) is 49.7 Å². The number of hydrogen-bond acceptors (Lipinski definition) is 5. The van der Waals surface area contributed by atoms with Crippen molar-refractivity contribution in [3.63, 3.8) is 0 Å². The Balaban J connectivity index is 1.73. The molecule has 1 aliphatic carbocycles. The first-order chi connectivity index (χ1) is 10.8. The Hall–Kier alpha value is -1.67. The van der Waals surface area contributed by atoms with E-state index in [1.54, 1.807) is 18.2 Å². The molecule has 0 bridgehead atoms. The van der Waals surface area contributed by atoms with E-state index in [9.17, 15) is 13.2 Å². The summed E-state index contributed by atoms with van der Waals surface area (Å²) in [5.41, 5.74) is 1.73. The lowest BCUT2D eigenvalue weighted by atomic mass is 9.94. The standard InChI is InChI=1S/C15H18N2O4S2/c1-23(19,20)11-4-2-3-10(8-11)16-14(18)9-5-6-12-13(7-9)21-15(22)17-12/h5-7,10-11H,2-4,8H2,1H3,(H,16,18)(H,17,22)/t10-,11+/m1/s1. The van der Waals surface area contributed by atoms with Crippen LogP contribution in [0.5, 0.6) is 0 Å². The number of oxazole rings is 1. The van der Waals surface area contributed by atoms with Gasteiger partial charge in [0.15, 0.2) is 5.58 Å². The molecule has 2 aromatic rings. The number of nitrogens with one attached hydrogen (secondary N) is 2. The first-order valence-corrected chi connectivity index (χ1v) is 9.82. The van der Waals surface area contributed by atoms with E-state index < -0.39 is 9.84 Å². The molecule has 0 radical (unpaired) electrons. The molecule has 2 atom stereocenters. The van der Waals surface area contributed by atoms with Crippen molar-refractivity contribution in [3.8, 4) is 0 Å². The summed E-state index contributed by atoms with van der Waals surface area (Å²) in [7, 11) is -3.07. The van der Waals surface area contributed by atoms with Gasteiger partial charge in [0.05, 0.1) is 10.8 Å². The van der Waals surface area contributed by atoms with Gasteiger partial charge in [-0.25, -0.2) is 8.42 Å². The monoisotopic (exact) mass is 354 g/mol. The third kappa shape index (κ3) is 3.64. The lowest BCUT2D eigenvalue weighted by molar-refractivity contribution is 0.0928. The zero-order chi connectivity index (χ0) is 16.6. The number of benzene rings is 1. The smallest absolute Gasteiger partial charge is 0.266 e. The second-order valence-corrected chi connectivity index (χ2v) is 8.71. The van der Waals surface area contributed by atoms with Crippen LogP contribution in [0.1, 0.15) is 36.0 Å². The minimum Gasteiger partial charge on any atom is -0.429 e. The summed E-state index contributed by atoms with van der Waals surface area (Å²) in [6.45, 7) is 0. The van der Waals surface area contributed by atoms with Crippen LogP contribution < -0.4 is 5.32 Å². The Morgan fingerprint density at radius 3 is 2.91 bits per heavy atom. The lowest BCUT2D eigenvalue weighted by Crippen LogP contribution is -2.41. The van der Waals surface area contributed by atoms with E-state index in [4.69, 9.17) is 16.6 Å². The molecule has 6 nitrogen and oxygen atoms in total. The normalized spacial score (nSPS) is 22.1. The second kappa shape index (κ2) is 6.09. The molecular formula is C15H18N2O4S2. The van der Waals surface area contributed by atoms with Gasteiger partial charge in [-0.1, -0.05) is 6.42 Å². The minimum absolute atomic E-state index is 0.121. The highest BCUT2D eigenvalue weighted by molar-refractivity contribution is 7.91. The van der Waals surface area contributed by atoms with E-state index in [-0.39, 0.29) is 22.0 Å². The largest absolute Gasteiger partial charge is 0.429 e. The van der Waals surface area contributed by atoms with E-state index in [2.05, 4.69) is 10.3 Å². The molecule has 0 aliphatic heterocycles. The molecule has 1 aliphatic rings. The van der Waals surface area contributed by atoms with Gasteiger partial charge in [-0.2, -0.15) is 0 Å². The van der Waals surface area contributed by atoms with Gasteiger partial charge in [-0.15, -0.1) is 0 Å². The van der Waals surface area contributed by atoms with E-state index >= 15 is 0 Å². The molecule has 2 N–H and O–H groups in total. The highest BCUT2D eigenvalue weighted by Crippen LogP contribution is 2.24. The van der Waals surface area contributed by atoms with Crippen molar-refractivity contribution in [2.75, 3.05) is 6.26 Å². The number of carbonyl (C=O) groups is 1. The Labute approximate surface area is 139 Å². The van der Waals surface area contributed by atoms with E-state index in [0.29, 0.717) is 24.0 Å². The van der Waals surface area contributed by atoms with Crippen molar-refractivity contribution in [2.24, 2.45) is 0 Å². The predicted molar refractivity (Wildman–Crippen MR) is 89.8 cm³/mol. The number of sulfone groups is 1. The molecule has 1 heterocycles. The first-order valence-electron chi connectivity index (χ1n) is 7.45. The Kier molecular flexibility index (Phi) is 4.29. The fourth-order valence-electron chi connectivity index (χ4n) is 3.02. The maximum atomic E-state index is 12.4. The van der Waals surface area contributed by atoms with Crippen molar-refractivity contribution in [2.45, 2.75) is 37.0 Å². The highest BCUT2D eigenvalue weighted by atomic mass is 32.2. The van der Waals surface area contributed by atoms with Crippen molar-refractivity contribution < 1.29 is 17.6 Å². The van der Waals surface area contributed by atoms with Crippen LogP contribution in [-0.4, -0.2) is 36.9 Å². The zero-order valence-corrected chi connectivity index (χ0v) is 14.3. The van der Waals surface area contributed by atoms with Crippen LogP contribution in [0, 0.1) is 4.84 Å². The Bertz CT molecular complexity index is 898. The average Bonchev–Trinajstić information content (AvgIpc) is 2.85. The van der Waals surface area contributed by atoms with Gasteiger partial charge in [-0.3, -0.25) is 4.79 Å². The summed E-state index contributed by atoms with van der Waals surface area (Å²) in [6.07, 6.45) is 3.99. The molecule has 1 amide bonds. The molecule has 124 valence electrons. The van der Waals surface area contributed by atoms with Crippen LogP contribution in [-0.2, 0) is 9.84 Å². The van der Waals surface area contributed by atoms with Crippen molar-refractivity contribution in [1.82, 2.24) is 10.3 Å². The molecule has 0 unspecified atom stereocenters. The summed E-state index contributed by atoms with van der Waals surface area (Å²) in [4.78, 5) is 15.5. The number of amides is 1. The zero-order valence-electron chi connectivity index (χ0n) is 12.7. The first kappa shape index (κ1) is 16.2. The number of rotatable bonds is 3. The number of hydrogen-bond donors (Lipinski definition) is 2. The van der Waals surface area contributed by atoms with Crippen molar-refractivity contribution >= 4 is 39.1 Å². The minimum atomic E-state index is -3.07. The van der Waals surface area contributed by atoms with Crippen molar-refractivity contribution in [3.05, 3.63) is 28.6 Å². The number of fused-ring (bicyclic) bond motifs is 1. The van der Waals surface area contributed by atoms with Gasteiger partial charge >= 0.3 is 0 Å². The molecule has 0 saturated heterocycles. The quantitative estimate of drug-likeness (QED) is 0.827. The van der Waals surface area contributed by atoms with Crippen LogP contribution >= 0.6 is 12.2 Å². The average molecular weight is 354 g/mol. The summed E-state index contributed by atoms with van der Waals surface area (Å²) < 4.78 is 28.7. The fourth-order valence-corrected chi connectivity index (χ4v) is 4.40. The van der Waals surface area contributed by atoms with Gasteiger partial charge < -0.3 is 14.7 Å². The SMILES string of the molecule is CS(=O)(=O)[C@H]1CCC[C@@H](NC(=O)c2ccc3[nH]c(=S)oc3c2)C1. The molecular weight excluding hydrogens is 336 g/mol. The number of aromatic amines is 1. The topological polar surface area (TPSA) is 92.2 Å². The highest BCUT2D eigenvalue weighted by Gasteiger charge is 2.29. The van der Waals surface area contributed by atoms with Gasteiger partial charge in [0.25, 0.3) is 10.7 Å². The van der Waals surface area contributed by atoms with E-state index in [1.165, 1.54) is 6.26 Å². The third-order valence-corrected chi connectivity index (χ3v) is 6.07. The van der Waals surface area contributed by atoms with E-state index in [1.807, 2.05) is 0 Å². The summed E-state index contributed by atoms with van der Waals surface area (Å²) in [5, 5.41) is 2.56. The lowest BCUT2D eigenvalue weighted by Gasteiger charge is -2.28. The molecule has 1 saturated carbocycles. The van der Waals surface area contributed by atoms with Gasteiger partial charge in [0.2, 0.25) is 0 Å². The third-order valence-electron chi connectivity index (χ3n) is 4.25. The summed E-state index contributed by atoms with van der Waals surface area (Å²) >= 11 is 4.92. The maximum Gasteiger partial charge on any atom is 0.266 e. The van der Waals surface area contributed by atoms with Gasteiger partial charge in [0, 0.05) is 17.9 Å². The predicted octanol–water partition coefficient (Wildman–Crippen LogP) is 2.58. The second-order valence-electron chi connectivity index (χ2n) is 6.01. The van der Waals surface area contributed by atoms with Crippen LogP contribution in [0.3, 0.4) is 0 Å². The number of carbonyl (C=O) groups excluding carboxylic acids is 1. The maximum absolute atomic E-state index is 12.4. The molecule has 1 fully saturated rings. The van der Waals surface area contributed by atoms with E-state index in [0.717, 1.165) is 18.4 Å². The molecule has 3 rings (SSSR count).